The minimum absolute atomic E-state index is 0.0785. The fourth-order valence-electron chi connectivity index (χ4n) is 4.87. The number of benzene rings is 2. The lowest BCUT2D eigenvalue weighted by atomic mass is 10.1. The number of hydrogen-bond acceptors (Lipinski definition) is 10. The first-order valence-electron chi connectivity index (χ1n) is 14.7. The molecule has 13 heteroatoms. The van der Waals surface area contributed by atoms with Gasteiger partial charge in [0.25, 0.3) is 0 Å². The van der Waals surface area contributed by atoms with Gasteiger partial charge in [0.1, 0.15) is 17.4 Å². The fraction of sp³-hybridized carbons (Fsp3) is 0.242. The van der Waals surface area contributed by atoms with Gasteiger partial charge in [-0.2, -0.15) is 0 Å². The molecule has 4 aromatic rings. The molecule has 1 aliphatic heterocycles. The third kappa shape index (κ3) is 8.88. The van der Waals surface area contributed by atoms with E-state index in [1.165, 1.54) is 36.0 Å². The number of nitrogens with one attached hydrogen (secondary N) is 2. The van der Waals surface area contributed by atoms with Gasteiger partial charge in [-0.25, -0.2) is 14.2 Å². The summed E-state index contributed by atoms with van der Waals surface area (Å²) in [5, 5.41) is 7.92. The van der Waals surface area contributed by atoms with Crippen molar-refractivity contribution < 1.29 is 13.6 Å². The van der Waals surface area contributed by atoms with Gasteiger partial charge in [0, 0.05) is 73.4 Å². The quantitative estimate of drug-likeness (QED) is 0.161. The lowest BCUT2D eigenvalue weighted by Gasteiger charge is -2.32. The minimum atomic E-state index is -0.549. The summed E-state index contributed by atoms with van der Waals surface area (Å²) in [6.07, 6.45) is 3.39. The van der Waals surface area contributed by atoms with Crippen LogP contribution < -0.4 is 27.7 Å². The predicted octanol–water partition coefficient (Wildman–Crippen LogP) is 5.03. The van der Waals surface area contributed by atoms with Crippen molar-refractivity contribution in [3.05, 3.63) is 116 Å². The van der Waals surface area contributed by atoms with Crippen LogP contribution in [0.2, 0.25) is 5.02 Å². The molecule has 240 valence electrons. The van der Waals surface area contributed by atoms with E-state index in [-0.39, 0.29) is 27.9 Å². The summed E-state index contributed by atoms with van der Waals surface area (Å²) in [5.41, 5.74) is 13.5. The first-order chi connectivity index (χ1) is 22.1. The van der Waals surface area contributed by atoms with E-state index >= 15 is 0 Å². The number of carbonyl (C=O) groups is 1. The Morgan fingerprint density at radius 2 is 1.87 bits per heavy atom. The van der Waals surface area contributed by atoms with E-state index in [1.807, 2.05) is 12.1 Å². The smallest absolute Gasteiger partial charge is 0.343 e. The molecular weight excluding hydrogens is 629 g/mol. The van der Waals surface area contributed by atoms with Crippen LogP contribution in [0.5, 0.6) is 0 Å². The largest absolute Gasteiger partial charge is 0.427 e. The number of carbonyl (C=O) groups excluding carboxylic acids is 1. The third-order valence-electron chi connectivity index (χ3n) is 7.45. The van der Waals surface area contributed by atoms with Crippen LogP contribution in [-0.4, -0.2) is 60.5 Å². The Morgan fingerprint density at radius 3 is 2.67 bits per heavy atom. The zero-order valence-corrected chi connectivity index (χ0v) is 26.8. The number of nitrogens with zero attached hydrogens (tertiary/aromatic N) is 3. The summed E-state index contributed by atoms with van der Waals surface area (Å²) >= 11 is 7.31. The normalized spacial score (nSPS) is 15.1. The number of aromatic nitrogens is 1. The Kier molecular flexibility index (Phi) is 11.0. The van der Waals surface area contributed by atoms with E-state index < -0.39 is 11.4 Å². The summed E-state index contributed by atoms with van der Waals surface area (Å²) in [6, 6.07) is 16.4. The second kappa shape index (κ2) is 15.3. The van der Waals surface area contributed by atoms with Gasteiger partial charge in [-0.1, -0.05) is 41.6 Å². The lowest BCUT2D eigenvalue weighted by Crippen LogP contribution is -2.45. The Balaban J connectivity index is 1.35. The van der Waals surface area contributed by atoms with Gasteiger partial charge in [-0.05, 0) is 54.9 Å². The van der Waals surface area contributed by atoms with Gasteiger partial charge in [-0.3, -0.25) is 4.79 Å². The molecule has 10 nitrogen and oxygen atoms in total. The molecule has 2 aromatic heterocycles. The van der Waals surface area contributed by atoms with E-state index in [4.69, 9.17) is 27.5 Å². The highest BCUT2D eigenvalue weighted by molar-refractivity contribution is 8.02. The van der Waals surface area contributed by atoms with Crippen LogP contribution in [0.3, 0.4) is 0 Å². The van der Waals surface area contributed by atoms with Gasteiger partial charge < -0.3 is 36.3 Å². The molecule has 1 aliphatic rings. The summed E-state index contributed by atoms with van der Waals surface area (Å²) in [6.45, 7) is 4.48. The molecular formula is C33H35ClFN7O3S. The standard InChI is InChI=1S/C33H35ClFN7O3S/c1-41-12-14-42(15-13-41)11-9-31(43)40-30-18-23(8-10-38-30)39-29(19-28(36)26-17-22(34)6-7-27(26)35)32(37)46-20-24-16-21-4-2-3-5-25(21)33(44)45-24/h2-8,10,16-19H,9,11-15,20,36-37H2,1H3,(H2,38,39,40,43)/b28-19-,32-29-. The molecule has 3 heterocycles. The van der Waals surface area contributed by atoms with Crippen molar-refractivity contribution in [3.8, 4) is 0 Å². The van der Waals surface area contributed by atoms with Crippen LogP contribution in [-0.2, 0) is 10.5 Å². The predicted molar refractivity (Wildman–Crippen MR) is 184 cm³/mol. The van der Waals surface area contributed by atoms with Gasteiger partial charge in [-0.15, -0.1) is 0 Å². The summed E-state index contributed by atoms with van der Waals surface area (Å²) < 4.78 is 20.2. The molecule has 1 saturated heterocycles. The molecule has 0 aliphatic carbocycles. The highest BCUT2D eigenvalue weighted by Gasteiger charge is 2.16. The van der Waals surface area contributed by atoms with Gasteiger partial charge >= 0.3 is 5.63 Å². The molecule has 46 heavy (non-hydrogen) atoms. The highest BCUT2D eigenvalue weighted by atomic mass is 35.5. The van der Waals surface area contributed by atoms with E-state index in [2.05, 4.69) is 32.5 Å². The number of halogens is 2. The lowest BCUT2D eigenvalue weighted by molar-refractivity contribution is -0.116. The van der Waals surface area contributed by atoms with Crippen LogP contribution in [0, 0.1) is 5.82 Å². The topological polar surface area (TPSA) is 143 Å². The number of allylic oxidation sites excluding steroid dienone is 1. The average molecular weight is 664 g/mol. The van der Waals surface area contributed by atoms with Crippen molar-refractivity contribution in [1.29, 1.82) is 0 Å². The number of anilines is 2. The number of pyridine rings is 1. The number of nitrogens with two attached hydrogens (primary N) is 2. The Morgan fingerprint density at radius 1 is 1.09 bits per heavy atom. The fourth-order valence-corrected chi connectivity index (χ4v) is 5.75. The monoisotopic (exact) mass is 663 g/mol. The summed E-state index contributed by atoms with van der Waals surface area (Å²) in [4.78, 5) is 34.0. The molecule has 0 unspecified atom stereocenters. The first-order valence-corrected chi connectivity index (χ1v) is 16.0. The first kappa shape index (κ1) is 33.0. The average Bonchev–Trinajstić information content (AvgIpc) is 3.04. The van der Waals surface area contributed by atoms with Crippen LogP contribution in [0.1, 0.15) is 17.7 Å². The Hall–Kier alpha value is -4.36. The highest BCUT2D eigenvalue weighted by Crippen LogP contribution is 2.27. The molecule has 5 rings (SSSR count). The SMILES string of the molecule is CN1CCN(CCC(=O)Nc2cc(NC(/C=C(\N)c3cc(Cl)ccc3F)=C(/N)SCc3cc4ccccc4c(=O)o3)ccn2)CC1. The Labute approximate surface area is 275 Å². The van der Waals surface area contributed by atoms with Crippen molar-refractivity contribution in [3.63, 3.8) is 0 Å². The van der Waals surface area contributed by atoms with Crippen molar-refractivity contribution in [2.75, 3.05) is 50.4 Å². The van der Waals surface area contributed by atoms with Gasteiger partial charge in [0.15, 0.2) is 0 Å². The summed E-state index contributed by atoms with van der Waals surface area (Å²) in [7, 11) is 2.09. The van der Waals surface area contributed by atoms with Crippen LogP contribution in [0.15, 0.2) is 92.9 Å². The summed E-state index contributed by atoms with van der Waals surface area (Å²) in [5.74, 6) is 0.328. The van der Waals surface area contributed by atoms with E-state index in [9.17, 15) is 14.0 Å². The number of amides is 1. The molecule has 0 radical (unpaired) electrons. The minimum Gasteiger partial charge on any atom is -0.427 e. The van der Waals surface area contributed by atoms with Crippen molar-refractivity contribution >= 4 is 57.2 Å². The maximum atomic E-state index is 14.7. The van der Waals surface area contributed by atoms with Gasteiger partial charge in [0.2, 0.25) is 5.91 Å². The van der Waals surface area contributed by atoms with Crippen molar-refractivity contribution in [1.82, 2.24) is 14.8 Å². The number of thioether (sulfide) groups is 1. The number of piperazine rings is 1. The number of likely N-dealkylation sites (N-methyl/N-ethyl adjacent to an activating group) is 1. The van der Waals surface area contributed by atoms with Crippen LogP contribution in [0.25, 0.3) is 16.5 Å². The Bertz CT molecular complexity index is 1840. The molecule has 0 atom stereocenters. The zero-order chi connectivity index (χ0) is 32.6. The number of hydrogen-bond donors (Lipinski definition) is 4. The van der Waals surface area contributed by atoms with E-state index in [0.29, 0.717) is 46.3 Å². The van der Waals surface area contributed by atoms with E-state index in [0.717, 1.165) is 31.6 Å². The van der Waals surface area contributed by atoms with Crippen molar-refractivity contribution in [2.45, 2.75) is 12.2 Å². The number of fused-ring (bicyclic) bond motifs is 1. The maximum Gasteiger partial charge on any atom is 0.343 e. The second-order valence-corrected chi connectivity index (χ2v) is 12.3. The number of rotatable bonds is 11. The molecule has 0 spiro atoms. The molecule has 0 bridgehead atoms. The molecule has 1 amide bonds. The third-order valence-corrected chi connectivity index (χ3v) is 8.65. The van der Waals surface area contributed by atoms with Gasteiger partial charge in [0.05, 0.1) is 21.9 Å². The van der Waals surface area contributed by atoms with Crippen molar-refractivity contribution in [2.24, 2.45) is 11.5 Å². The maximum absolute atomic E-state index is 14.7. The van der Waals surface area contributed by atoms with Crippen LogP contribution >= 0.6 is 23.4 Å². The molecule has 2 aromatic carbocycles. The van der Waals surface area contributed by atoms with Crippen LogP contribution in [0.4, 0.5) is 15.9 Å². The van der Waals surface area contributed by atoms with E-state index in [1.54, 1.807) is 36.5 Å². The molecule has 1 fully saturated rings. The second-order valence-electron chi connectivity index (χ2n) is 10.9. The molecule has 0 saturated carbocycles. The zero-order valence-electron chi connectivity index (χ0n) is 25.3. The molecule has 6 N–H and O–H groups in total.